The van der Waals surface area contributed by atoms with Gasteiger partial charge >= 0.3 is 0 Å². The Morgan fingerprint density at radius 1 is 1.22 bits per heavy atom. The van der Waals surface area contributed by atoms with Crippen LogP contribution >= 0.6 is 11.8 Å². The Morgan fingerprint density at radius 3 is 2.78 bits per heavy atom. The van der Waals surface area contributed by atoms with Crippen molar-refractivity contribution in [1.29, 1.82) is 10.5 Å². The normalized spacial score (nSPS) is 10.0. The van der Waals surface area contributed by atoms with Crippen LogP contribution in [0.1, 0.15) is 5.56 Å². The Kier molecular flexibility index (Phi) is 4.37. The zero-order valence-electron chi connectivity index (χ0n) is 11.9. The summed E-state index contributed by atoms with van der Waals surface area (Å²) in [7, 11) is 0. The zero-order valence-corrected chi connectivity index (χ0v) is 12.7. The predicted octanol–water partition coefficient (Wildman–Crippen LogP) is 3.89. The van der Waals surface area contributed by atoms with Crippen molar-refractivity contribution in [3.8, 4) is 34.7 Å². The van der Waals surface area contributed by atoms with Gasteiger partial charge in [0, 0.05) is 23.5 Å². The lowest BCUT2D eigenvalue weighted by Gasteiger charge is -2.09. The highest BCUT2D eigenvalue weighted by Crippen LogP contribution is 2.34. The Hall–Kier alpha value is -3.09. The van der Waals surface area contributed by atoms with Crippen LogP contribution in [0.2, 0.25) is 0 Å². The molecule has 0 saturated heterocycles. The molecule has 3 aromatic rings. The molecule has 23 heavy (non-hydrogen) atoms. The second-order valence-corrected chi connectivity index (χ2v) is 5.48. The van der Waals surface area contributed by atoms with E-state index in [1.54, 1.807) is 30.8 Å². The van der Waals surface area contributed by atoms with E-state index < -0.39 is 0 Å². The number of pyridine rings is 2. The molecule has 0 atom stereocenters. The smallest absolute Gasteiger partial charge is 0.135 e. The lowest BCUT2D eigenvalue weighted by molar-refractivity contribution is 0.582. The Bertz CT molecular complexity index is 893. The largest absolute Gasteiger partial charge is 0.464 e. The van der Waals surface area contributed by atoms with Gasteiger partial charge in [-0.05, 0) is 30.3 Å². The summed E-state index contributed by atoms with van der Waals surface area (Å²) in [6.07, 6.45) is 4.95. The summed E-state index contributed by atoms with van der Waals surface area (Å²) >= 11 is 1.24. The van der Waals surface area contributed by atoms with Crippen molar-refractivity contribution in [2.24, 2.45) is 0 Å². The van der Waals surface area contributed by atoms with Crippen LogP contribution in [0.3, 0.4) is 0 Å². The number of nitriles is 2. The van der Waals surface area contributed by atoms with E-state index in [4.69, 9.17) is 9.68 Å². The topological polar surface area (TPSA) is 86.5 Å². The van der Waals surface area contributed by atoms with Crippen LogP contribution in [0.4, 0.5) is 0 Å². The third kappa shape index (κ3) is 3.08. The second kappa shape index (κ2) is 6.78. The molecule has 0 N–H and O–H groups in total. The van der Waals surface area contributed by atoms with Crippen molar-refractivity contribution < 1.29 is 4.42 Å². The molecule has 3 rings (SSSR count). The highest BCUT2D eigenvalue weighted by atomic mass is 32.2. The molecular weight excluding hydrogens is 308 g/mol. The van der Waals surface area contributed by atoms with Crippen molar-refractivity contribution in [3.05, 3.63) is 54.6 Å². The van der Waals surface area contributed by atoms with Crippen molar-refractivity contribution in [1.82, 2.24) is 9.97 Å². The summed E-state index contributed by atoms with van der Waals surface area (Å²) in [6.45, 7) is 0. The third-order valence-corrected chi connectivity index (χ3v) is 3.96. The van der Waals surface area contributed by atoms with Gasteiger partial charge in [0.1, 0.15) is 16.9 Å². The Morgan fingerprint density at radius 2 is 2.13 bits per heavy atom. The van der Waals surface area contributed by atoms with Crippen LogP contribution in [0.25, 0.3) is 22.6 Å². The first-order valence-corrected chi connectivity index (χ1v) is 7.71. The number of rotatable bonds is 4. The lowest BCUT2D eigenvalue weighted by Crippen LogP contribution is -1.95. The summed E-state index contributed by atoms with van der Waals surface area (Å²) in [5.41, 5.74) is 2.59. The Labute approximate surface area is 137 Å². The van der Waals surface area contributed by atoms with Gasteiger partial charge in [-0.1, -0.05) is 11.8 Å². The molecule has 0 amide bonds. The van der Waals surface area contributed by atoms with E-state index in [0.717, 1.165) is 5.56 Å². The van der Waals surface area contributed by atoms with Crippen molar-refractivity contribution >= 4 is 11.8 Å². The molecule has 0 aliphatic carbocycles. The maximum Gasteiger partial charge on any atom is 0.135 e. The predicted molar refractivity (Wildman–Crippen MR) is 86.2 cm³/mol. The van der Waals surface area contributed by atoms with E-state index in [0.29, 0.717) is 27.6 Å². The number of furan rings is 1. The van der Waals surface area contributed by atoms with E-state index in [1.807, 2.05) is 18.2 Å². The first-order chi connectivity index (χ1) is 11.3. The second-order valence-electron chi connectivity index (χ2n) is 4.51. The number of hydrogen-bond donors (Lipinski definition) is 0. The summed E-state index contributed by atoms with van der Waals surface area (Å²) in [5.74, 6) is 0.809. The number of aromatic nitrogens is 2. The number of nitrogens with zero attached hydrogens (tertiary/aromatic N) is 4. The fourth-order valence-electron chi connectivity index (χ4n) is 2.12. The molecule has 3 aromatic heterocycles. The molecule has 110 valence electrons. The first-order valence-electron chi connectivity index (χ1n) is 6.72. The Balaban J connectivity index is 2.21. The maximum absolute atomic E-state index is 9.52. The van der Waals surface area contributed by atoms with Gasteiger partial charge in [-0.3, -0.25) is 4.98 Å². The molecule has 0 bridgehead atoms. The minimum Gasteiger partial charge on any atom is -0.464 e. The highest BCUT2D eigenvalue weighted by molar-refractivity contribution is 7.99. The van der Waals surface area contributed by atoms with Crippen molar-refractivity contribution in [3.63, 3.8) is 0 Å². The molecule has 0 radical (unpaired) electrons. The summed E-state index contributed by atoms with van der Waals surface area (Å²) in [5, 5.41) is 18.9. The van der Waals surface area contributed by atoms with E-state index >= 15 is 0 Å². The van der Waals surface area contributed by atoms with Gasteiger partial charge in [0.25, 0.3) is 0 Å². The molecule has 0 aliphatic rings. The maximum atomic E-state index is 9.52. The van der Waals surface area contributed by atoms with E-state index in [9.17, 15) is 5.26 Å². The lowest BCUT2D eigenvalue weighted by atomic mass is 10.0. The monoisotopic (exact) mass is 318 g/mol. The molecule has 6 heteroatoms. The van der Waals surface area contributed by atoms with Gasteiger partial charge in [0.15, 0.2) is 0 Å². The fraction of sp³-hybridized carbons (Fsp3) is 0.0588. The van der Waals surface area contributed by atoms with Crippen LogP contribution in [0.15, 0.2) is 58.4 Å². The number of hydrogen-bond acceptors (Lipinski definition) is 6. The molecule has 3 heterocycles. The van der Waals surface area contributed by atoms with Crippen LogP contribution in [-0.4, -0.2) is 15.7 Å². The minimum atomic E-state index is 0.218. The van der Waals surface area contributed by atoms with E-state index in [2.05, 4.69) is 22.1 Å². The zero-order chi connectivity index (χ0) is 16.1. The summed E-state index contributed by atoms with van der Waals surface area (Å²) < 4.78 is 5.44. The van der Waals surface area contributed by atoms with Crippen LogP contribution in [-0.2, 0) is 0 Å². The van der Waals surface area contributed by atoms with Crippen molar-refractivity contribution in [2.45, 2.75) is 5.03 Å². The molecule has 0 aromatic carbocycles. The first kappa shape index (κ1) is 14.8. The average Bonchev–Trinajstić information content (AvgIpc) is 3.14. The summed E-state index contributed by atoms with van der Waals surface area (Å²) in [6, 6.07) is 13.3. The standard InChI is InChI=1S/C17H10N4OS/c18-5-8-23-17-14(10-19)13(16-4-2-7-22-16)9-15(21-17)12-3-1-6-20-11-12/h1-4,6-7,9,11H,8H2. The van der Waals surface area contributed by atoms with E-state index in [-0.39, 0.29) is 5.75 Å². The molecule has 0 unspecified atom stereocenters. The van der Waals surface area contributed by atoms with E-state index in [1.165, 1.54) is 11.8 Å². The quantitative estimate of drug-likeness (QED) is 0.678. The minimum absolute atomic E-state index is 0.218. The van der Waals surface area contributed by atoms with Gasteiger partial charge in [0.2, 0.25) is 0 Å². The SMILES string of the molecule is N#CCSc1nc(-c2cccnc2)cc(-c2ccco2)c1C#N. The van der Waals surface area contributed by atoms with Gasteiger partial charge < -0.3 is 4.42 Å². The van der Waals surface area contributed by atoms with Gasteiger partial charge in [-0.2, -0.15) is 10.5 Å². The van der Waals surface area contributed by atoms with Crippen molar-refractivity contribution in [2.75, 3.05) is 5.75 Å². The van der Waals surface area contributed by atoms with Gasteiger partial charge in [-0.15, -0.1) is 0 Å². The van der Waals surface area contributed by atoms with Crippen LogP contribution < -0.4 is 0 Å². The molecule has 0 spiro atoms. The van der Waals surface area contributed by atoms with Crippen LogP contribution in [0, 0.1) is 22.7 Å². The van der Waals surface area contributed by atoms with Gasteiger partial charge in [0.05, 0.1) is 29.3 Å². The summed E-state index contributed by atoms with van der Waals surface area (Å²) in [4.78, 5) is 8.63. The molecule has 5 nitrogen and oxygen atoms in total. The highest BCUT2D eigenvalue weighted by Gasteiger charge is 2.17. The molecule has 0 saturated carbocycles. The number of thioether (sulfide) groups is 1. The fourth-order valence-corrected chi connectivity index (χ4v) is 2.79. The van der Waals surface area contributed by atoms with Crippen LogP contribution in [0.5, 0.6) is 0 Å². The molecular formula is C17H10N4OS. The molecule has 0 fully saturated rings. The molecule has 0 aliphatic heterocycles. The van der Waals surface area contributed by atoms with Gasteiger partial charge in [-0.25, -0.2) is 4.98 Å². The average molecular weight is 318 g/mol. The third-order valence-electron chi connectivity index (χ3n) is 3.12.